The Morgan fingerprint density at radius 1 is 1.31 bits per heavy atom. The van der Waals surface area contributed by atoms with Crippen LogP contribution in [-0.4, -0.2) is 9.97 Å². The van der Waals surface area contributed by atoms with Crippen LogP contribution in [-0.2, 0) is 0 Å². The molecule has 80 valence electrons. The standard InChI is InChI=1S/C11H6ClFN2O/c12-10-7(3-4-16-10)11-14-8-2-1-6(13)5-9(8)15-11/h1-5H,(H,14,15). The van der Waals surface area contributed by atoms with Crippen molar-refractivity contribution in [3.63, 3.8) is 0 Å². The summed E-state index contributed by atoms with van der Waals surface area (Å²) in [5.41, 5.74) is 1.99. The number of rotatable bonds is 1. The van der Waals surface area contributed by atoms with Gasteiger partial charge in [-0.3, -0.25) is 0 Å². The van der Waals surface area contributed by atoms with Crippen LogP contribution in [0.2, 0.25) is 5.22 Å². The van der Waals surface area contributed by atoms with Crippen LogP contribution in [0.25, 0.3) is 22.4 Å². The number of halogens is 2. The molecule has 1 N–H and O–H groups in total. The molecule has 0 aliphatic rings. The number of H-pyrrole nitrogens is 1. The topological polar surface area (TPSA) is 41.8 Å². The van der Waals surface area contributed by atoms with E-state index in [1.807, 2.05) is 0 Å². The van der Waals surface area contributed by atoms with Crippen LogP contribution in [0.4, 0.5) is 4.39 Å². The molecular weight excluding hydrogens is 231 g/mol. The van der Waals surface area contributed by atoms with E-state index in [-0.39, 0.29) is 11.0 Å². The molecule has 16 heavy (non-hydrogen) atoms. The third-order valence-corrected chi connectivity index (χ3v) is 2.61. The van der Waals surface area contributed by atoms with Gasteiger partial charge in [0.05, 0.1) is 22.9 Å². The summed E-state index contributed by atoms with van der Waals surface area (Å²) >= 11 is 5.83. The number of nitrogens with one attached hydrogen (secondary N) is 1. The fraction of sp³-hybridized carbons (Fsp3) is 0. The quantitative estimate of drug-likeness (QED) is 0.701. The molecule has 0 saturated carbocycles. The molecular formula is C11H6ClFN2O. The predicted molar refractivity (Wildman–Crippen MR) is 58.8 cm³/mol. The Labute approximate surface area is 94.9 Å². The van der Waals surface area contributed by atoms with E-state index in [1.54, 1.807) is 12.1 Å². The zero-order valence-corrected chi connectivity index (χ0v) is 8.75. The molecule has 0 unspecified atom stereocenters. The van der Waals surface area contributed by atoms with Crippen molar-refractivity contribution >= 4 is 22.6 Å². The lowest BCUT2D eigenvalue weighted by atomic mass is 10.3. The summed E-state index contributed by atoms with van der Waals surface area (Å²) in [5, 5.41) is 0.263. The lowest BCUT2D eigenvalue weighted by Crippen LogP contribution is -1.76. The summed E-state index contributed by atoms with van der Waals surface area (Å²) in [6.45, 7) is 0. The van der Waals surface area contributed by atoms with Crippen molar-refractivity contribution in [1.82, 2.24) is 9.97 Å². The Kier molecular flexibility index (Phi) is 1.97. The van der Waals surface area contributed by atoms with Gasteiger partial charge in [-0.05, 0) is 35.9 Å². The van der Waals surface area contributed by atoms with Gasteiger partial charge in [0.2, 0.25) is 5.22 Å². The minimum atomic E-state index is -0.305. The van der Waals surface area contributed by atoms with E-state index in [4.69, 9.17) is 16.0 Å². The number of hydrogen-bond acceptors (Lipinski definition) is 2. The zero-order valence-electron chi connectivity index (χ0n) is 8.00. The van der Waals surface area contributed by atoms with Crippen molar-refractivity contribution < 1.29 is 8.81 Å². The molecule has 0 fully saturated rings. The second-order valence-corrected chi connectivity index (χ2v) is 3.70. The van der Waals surface area contributed by atoms with Gasteiger partial charge in [-0.2, -0.15) is 0 Å². The fourth-order valence-corrected chi connectivity index (χ4v) is 1.78. The Balaban J connectivity index is 2.23. The summed E-state index contributed by atoms with van der Waals surface area (Å²) in [4.78, 5) is 7.27. The number of fused-ring (bicyclic) bond motifs is 1. The lowest BCUT2D eigenvalue weighted by molar-refractivity contribution is 0.570. The van der Waals surface area contributed by atoms with E-state index >= 15 is 0 Å². The van der Waals surface area contributed by atoms with Crippen LogP contribution >= 0.6 is 11.6 Å². The number of aromatic amines is 1. The van der Waals surface area contributed by atoms with Crippen molar-refractivity contribution in [3.05, 3.63) is 41.6 Å². The third-order valence-electron chi connectivity index (χ3n) is 2.32. The first-order valence-electron chi connectivity index (χ1n) is 4.63. The molecule has 2 aromatic heterocycles. The highest BCUT2D eigenvalue weighted by Crippen LogP contribution is 2.28. The van der Waals surface area contributed by atoms with Crippen LogP contribution < -0.4 is 0 Å². The second kappa shape index (κ2) is 3.35. The van der Waals surface area contributed by atoms with Gasteiger partial charge in [-0.15, -0.1) is 0 Å². The van der Waals surface area contributed by atoms with Crippen molar-refractivity contribution in [3.8, 4) is 11.4 Å². The maximum Gasteiger partial charge on any atom is 0.203 e. The molecule has 3 rings (SSSR count). The number of imidazole rings is 1. The Bertz CT molecular complexity index is 659. The van der Waals surface area contributed by atoms with Gasteiger partial charge in [0.15, 0.2) is 0 Å². The molecule has 0 radical (unpaired) electrons. The van der Waals surface area contributed by atoms with Crippen molar-refractivity contribution in [2.75, 3.05) is 0 Å². The summed E-state index contributed by atoms with van der Waals surface area (Å²) in [6.07, 6.45) is 1.48. The second-order valence-electron chi connectivity index (χ2n) is 3.35. The monoisotopic (exact) mass is 236 g/mol. The van der Waals surface area contributed by atoms with E-state index in [9.17, 15) is 4.39 Å². The van der Waals surface area contributed by atoms with E-state index in [0.29, 0.717) is 22.4 Å². The lowest BCUT2D eigenvalue weighted by Gasteiger charge is -1.89. The molecule has 0 spiro atoms. The molecule has 2 heterocycles. The van der Waals surface area contributed by atoms with Gasteiger partial charge in [0.1, 0.15) is 11.6 Å². The Morgan fingerprint density at radius 3 is 2.94 bits per heavy atom. The highest BCUT2D eigenvalue weighted by molar-refractivity contribution is 6.31. The number of furan rings is 1. The molecule has 3 aromatic rings. The smallest absolute Gasteiger partial charge is 0.203 e. The number of nitrogens with zero attached hydrogens (tertiary/aromatic N) is 1. The van der Waals surface area contributed by atoms with Crippen LogP contribution in [0.1, 0.15) is 0 Å². The molecule has 0 saturated heterocycles. The summed E-state index contributed by atoms with van der Waals surface area (Å²) in [7, 11) is 0. The van der Waals surface area contributed by atoms with Crippen LogP contribution in [0.3, 0.4) is 0 Å². The van der Waals surface area contributed by atoms with E-state index in [2.05, 4.69) is 9.97 Å². The average Bonchev–Trinajstić information content (AvgIpc) is 2.82. The largest absolute Gasteiger partial charge is 0.452 e. The van der Waals surface area contributed by atoms with E-state index in [0.717, 1.165) is 0 Å². The van der Waals surface area contributed by atoms with Crippen molar-refractivity contribution in [2.24, 2.45) is 0 Å². The molecule has 1 aromatic carbocycles. The maximum absolute atomic E-state index is 13.0. The Hall–Kier alpha value is -1.81. The summed E-state index contributed by atoms with van der Waals surface area (Å²) < 4.78 is 17.9. The first-order chi connectivity index (χ1) is 7.74. The highest BCUT2D eigenvalue weighted by atomic mass is 35.5. The fourth-order valence-electron chi connectivity index (χ4n) is 1.57. The van der Waals surface area contributed by atoms with E-state index in [1.165, 1.54) is 18.4 Å². The van der Waals surface area contributed by atoms with Crippen LogP contribution in [0.5, 0.6) is 0 Å². The van der Waals surface area contributed by atoms with Gasteiger partial charge in [0.25, 0.3) is 0 Å². The van der Waals surface area contributed by atoms with Gasteiger partial charge < -0.3 is 9.40 Å². The molecule has 0 amide bonds. The van der Waals surface area contributed by atoms with Crippen molar-refractivity contribution in [1.29, 1.82) is 0 Å². The van der Waals surface area contributed by atoms with Crippen LogP contribution in [0, 0.1) is 5.82 Å². The Morgan fingerprint density at radius 2 is 2.19 bits per heavy atom. The molecule has 5 heteroatoms. The molecule has 0 aliphatic heterocycles. The minimum absolute atomic E-state index is 0.263. The highest BCUT2D eigenvalue weighted by Gasteiger charge is 2.11. The third kappa shape index (κ3) is 1.39. The average molecular weight is 237 g/mol. The molecule has 3 nitrogen and oxygen atoms in total. The normalized spacial score (nSPS) is 11.1. The molecule has 0 bridgehead atoms. The van der Waals surface area contributed by atoms with Crippen LogP contribution in [0.15, 0.2) is 34.9 Å². The first kappa shape index (κ1) is 9.42. The number of aromatic nitrogens is 2. The maximum atomic E-state index is 13.0. The predicted octanol–water partition coefficient (Wildman–Crippen LogP) is 3.62. The SMILES string of the molecule is Fc1ccc2nc(-c3ccoc3Cl)[nH]c2c1. The summed E-state index contributed by atoms with van der Waals surface area (Å²) in [5.74, 6) is 0.264. The molecule has 0 aliphatic carbocycles. The van der Waals surface area contributed by atoms with Gasteiger partial charge in [-0.25, -0.2) is 9.37 Å². The molecule has 0 atom stereocenters. The summed E-state index contributed by atoms with van der Waals surface area (Å²) in [6, 6.07) is 6.07. The van der Waals surface area contributed by atoms with Crippen molar-refractivity contribution in [2.45, 2.75) is 0 Å². The van der Waals surface area contributed by atoms with Gasteiger partial charge >= 0.3 is 0 Å². The number of benzene rings is 1. The number of hydrogen-bond donors (Lipinski definition) is 1. The van der Waals surface area contributed by atoms with E-state index < -0.39 is 0 Å². The van der Waals surface area contributed by atoms with Gasteiger partial charge in [0, 0.05) is 0 Å². The first-order valence-corrected chi connectivity index (χ1v) is 5.00. The minimum Gasteiger partial charge on any atom is -0.452 e. The van der Waals surface area contributed by atoms with Gasteiger partial charge in [-0.1, -0.05) is 0 Å². The zero-order chi connectivity index (χ0) is 11.1.